The fourth-order valence-corrected chi connectivity index (χ4v) is 2.96. The van der Waals surface area contributed by atoms with Crippen molar-refractivity contribution in [2.75, 3.05) is 13.4 Å². The Hall–Kier alpha value is -2.73. The van der Waals surface area contributed by atoms with E-state index in [1.54, 1.807) is 24.3 Å². The monoisotopic (exact) mass is 358 g/mol. The number of carbonyl (C=O) groups is 1. The van der Waals surface area contributed by atoms with Crippen LogP contribution in [-0.2, 0) is 17.6 Å². The van der Waals surface area contributed by atoms with Gasteiger partial charge in [0.2, 0.25) is 12.9 Å². The topological polar surface area (TPSA) is 85.2 Å². The Labute approximate surface area is 151 Å². The van der Waals surface area contributed by atoms with Gasteiger partial charge in [-0.25, -0.2) is 4.79 Å². The first-order valence-corrected chi connectivity index (χ1v) is 8.64. The molecule has 6 heteroatoms. The number of hydrogen-bond acceptors (Lipinski definition) is 5. The molecule has 2 aromatic rings. The Balaban J connectivity index is 1.89. The molecule has 2 aromatic carbocycles. The summed E-state index contributed by atoms with van der Waals surface area (Å²) in [5.41, 5.74) is 2.42. The minimum Gasteiger partial charge on any atom is -0.478 e. The summed E-state index contributed by atoms with van der Waals surface area (Å²) in [5.74, 6) is 0.576. The third kappa shape index (κ3) is 3.91. The molecule has 0 radical (unpaired) electrons. The summed E-state index contributed by atoms with van der Waals surface area (Å²) in [6, 6.07) is 10.6. The maximum absolute atomic E-state index is 11.8. The summed E-state index contributed by atoms with van der Waals surface area (Å²) in [5, 5.41) is 18.8. The molecule has 0 amide bonds. The first-order chi connectivity index (χ1) is 12.6. The van der Waals surface area contributed by atoms with Crippen molar-refractivity contribution >= 4 is 5.97 Å². The number of aliphatic hydroxyl groups is 1. The molecule has 3 rings (SSSR count). The van der Waals surface area contributed by atoms with Gasteiger partial charge in [-0.15, -0.1) is 0 Å². The molecule has 1 heterocycles. The standard InChI is InChI=1S/C20H22O6/c1-2-3-14-10-13(8-9-21)4-6-16(14)26-19(20(22)23)15-5-7-17-18(11-15)25-12-24-17/h4-7,10-11,19,21H,2-3,8-9,12H2,1H3,(H,22,23). The number of aliphatic carboxylic acids is 1. The van der Waals surface area contributed by atoms with Crippen molar-refractivity contribution in [3.63, 3.8) is 0 Å². The summed E-state index contributed by atoms with van der Waals surface area (Å²) in [6.45, 7) is 2.25. The van der Waals surface area contributed by atoms with Crippen molar-refractivity contribution in [1.82, 2.24) is 0 Å². The summed E-state index contributed by atoms with van der Waals surface area (Å²) in [7, 11) is 0. The van der Waals surface area contributed by atoms with Crippen LogP contribution in [0.25, 0.3) is 0 Å². The van der Waals surface area contributed by atoms with Crippen molar-refractivity contribution in [2.24, 2.45) is 0 Å². The van der Waals surface area contributed by atoms with Crippen LogP contribution in [0.1, 0.15) is 36.1 Å². The fraction of sp³-hybridized carbons (Fsp3) is 0.350. The molecule has 2 N–H and O–H groups in total. The summed E-state index contributed by atoms with van der Waals surface area (Å²) in [4.78, 5) is 11.8. The quantitative estimate of drug-likeness (QED) is 0.754. The maximum Gasteiger partial charge on any atom is 0.349 e. The highest BCUT2D eigenvalue weighted by molar-refractivity contribution is 5.75. The van der Waals surface area contributed by atoms with Gasteiger partial charge in [0.05, 0.1) is 0 Å². The van der Waals surface area contributed by atoms with Gasteiger partial charge in [-0.2, -0.15) is 0 Å². The van der Waals surface area contributed by atoms with Crippen LogP contribution in [0.2, 0.25) is 0 Å². The second-order valence-corrected chi connectivity index (χ2v) is 6.11. The Bertz CT molecular complexity index is 786. The molecule has 1 aliphatic heterocycles. The van der Waals surface area contributed by atoms with E-state index in [-0.39, 0.29) is 13.4 Å². The molecular formula is C20H22O6. The van der Waals surface area contributed by atoms with E-state index in [4.69, 9.17) is 19.3 Å². The highest BCUT2D eigenvalue weighted by Gasteiger charge is 2.26. The molecule has 0 saturated heterocycles. The zero-order valence-electron chi connectivity index (χ0n) is 14.6. The van der Waals surface area contributed by atoms with Gasteiger partial charge in [0.25, 0.3) is 0 Å². The van der Waals surface area contributed by atoms with E-state index >= 15 is 0 Å². The van der Waals surface area contributed by atoms with Gasteiger partial charge in [0, 0.05) is 12.2 Å². The van der Waals surface area contributed by atoms with Gasteiger partial charge >= 0.3 is 5.97 Å². The number of ether oxygens (including phenoxy) is 3. The second kappa shape index (κ2) is 8.10. The van der Waals surface area contributed by atoms with Crippen LogP contribution >= 0.6 is 0 Å². The van der Waals surface area contributed by atoms with Crippen LogP contribution in [0.3, 0.4) is 0 Å². The molecule has 6 nitrogen and oxygen atoms in total. The fourth-order valence-electron chi connectivity index (χ4n) is 2.96. The number of carboxylic acid groups (broad SMARTS) is 1. The molecule has 0 fully saturated rings. The normalized spacial score (nSPS) is 13.5. The first kappa shape index (κ1) is 18.1. The lowest BCUT2D eigenvalue weighted by atomic mass is 10.0. The van der Waals surface area contributed by atoms with E-state index in [0.717, 1.165) is 24.0 Å². The number of aliphatic hydroxyl groups excluding tert-OH is 1. The zero-order chi connectivity index (χ0) is 18.5. The third-order valence-corrected chi connectivity index (χ3v) is 4.21. The van der Waals surface area contributed by atoms with Crippen LogP contribution in [0, 0.1) is 0 Å². The molecule has 1 unspecified atom stereocenters. The Morgan fingerprint density at radius 3 is 2.69 bits per heavy atom. The molecule has 26 heavy (non-hydrogen) atoms. The van der Waals surface area contributed by atoms with E-state index < -0.39 is 12.1 Å². The van der Waals surface area contributed by atoms with Gasteiger partial charge in [-0.3, -0.25) is 0 Å². The predicted octanol–water partition coefficient (Wildman–Crippen LogP) is 3.11. The average molecular weight is 358 g/mol. The highest BCUT2D eigenvalue weighted by atomic mass is 16.7. The molecule has 0 aromatic heterocycles. The van der Waals surface area contributed by atoms with E-state index in [2.05, 4.69) is 6.92 Å². The van der Waals surface area contributed by atoms with Crippen LogP contribution in [0.4, 0.5) is 0 Å². The van der Waals surface area contributed by atoms with E-state index in [1.165, 1.54) is 0 Å². The Morgan fingerprint density at radius 2 is 1.96 bits per heavy atom. The smallest absolute Gasteiger partial charge is 0.349 e. The molecule has 0 bridgehead atoms. The van der Waals surface area contributed by atoms with Crippen LogP contribution in [0.5, 0.6) is 17.2 Å². The average Bonchev–Trinajstić information content (AvgIpc) is 3.09. The van der Waals surface area contributed by atoms with Crippen LogP contribution in [0.15, 0.2) is 36.4 Å². The van der Waals surface area contributed by atoms with Gasteiger partial charge in [-0.1, -0.05) is 31.5 Å². The minimum absolute atomic E-state index is 0.0702. The lowest BCUT2D eigenvalue weighted by molar-refractivity contribution is -0.145. The summed E-state index contributed by atoms with van der Waals surface area (Å²) >= 11 is 0. The third-order valence-electron chi connectivity index (χ3n) is 4.21. The number of carboxylic acids is 1. The van der Waals surface area contributed by atoms with Gasteiger partial charge in [0.1, 0.15) is 5.75 Å². The molecule has 0 saturated carbocycles. The van der Waals surface area contributed by atoms with E-state index in [0.29, 0.717) is 29.2 Å². The molecule has 1 aliphatic rings. The van der Waals surface area contributed by atoms with Crippen molar-refractivity contribution < 1.29 is 29.2 Å². The largest absolute Gasteiger partial charge is 0.478 e. The second-order valence-electron chi connectivity index (χ2n) is 6.11. The number of benzene rings is 2. The minimum atomic E-state index is -1.15. The summed E-state index contributed by atoms with van der Waals surface area (Å²) < 4.78 is 16.5. The SMILES string of the molecule is CCCc1cc(CCO)ccc1OC(C(=O)O)c1ccc2c(c1)OCO2. The number of rotatable bonds is 8. The van der Waals surface area contributed by atoms with Crippen molar-refractivity contribution in [2.45, 2.75) is 32.3 Å². The Kier molecular flexibility index (Phi) is 5.63. The molecule has 1 atom stereocenters. The zero-order valence-corrected chi connectivity index (χ0v) is 14.6. The molecule has 0 spiro atoms. The van der Waals surface area contributed by atoms with E-state index in [1.807, 2.05) is 12.1 Å². The lowest BCUT2D eigenvalue weighted by Crippen LogP contribution is -2.19. The van der Waals surface area contributed by atoms with Gasteiger partial charge < -0.3 is 24.4 Å². The van der Waals surface area contributed by atoms with E-state index in [9.17, 15) is 9.90 Å². The summed E-state index contributed by atoms with van der Waals surface area (Å²) in [6.07, 6.45) is 1.08. The molecule has 0 aliphatic carbocycles. The van der Waals surface area contributed by atoms with Crippen LogP contribution < -0.4 is 14.2 Å². The predicted molar refractivity (Wildman–Crippen MR) is 94.8 cm³/mol. The van der Waals surface area contributed by atoms with Crippen molar-refractivity contribution in [3.8, 4) is 17.2 Å². The van der Waals surface area contributed by atoms with Crippen molar-refractivity contribution in [1.29, 1.82) is 0 Å². The molecule has 138 valence electrons. The number of aryl methyl sites for hydroxylation is 1. The maximum atomic E-state index is 11.8. The van der Waals surface area contributed by atoms with Crippen LogP contribution in [-0.4, -0.2) is 29.6 Å². The number of fused-ring (bicyclic) bond motifs is 1. The van der Waals surface area contributed by atoms with Gasteiger partial charge in [-0.05, 0) is 42.2 Å². The molecular weight excluding hydrogens is 336 g/mol. The number of hydrogen-bond donors (Lipinski definition) is 2. The lowest BCUT2D eigenvalue weighted by Gasteiger charge is -2.19. The van der Waals surface area contributed by atoms with Gasteiger partial charge in [0.15, 0.2) is 11.5 Å². The first-order valence-electron chi connectivity index (χ1n) is 8.64. The highest BCUT2D eigenvalue weighted by Crippen LogP contribution is 2.36. The van der Waals surface area contributed by atoms with Crippen molar-refractivity contribution in [3.05, 3.63) is 53.1 Å². The Morgan fingerprint density at radius 1 is 1.15 bits per heavy atom.